The number of carbonyl (C=O) groups is 3. The van der Waals surface area contributed by atoms with Gasteiger partial charge in [0.05, 0.1) is 46.1 Å². The third-order valence-corrected chi connectivity index (χ3v) is 5.52. The van der Waals surface area contributed by atoms with Crippen LogP contribution in [0.15, 0.2) is 64.6 Å². The van der Waals surface area contributed by atoms with Gasteiger partial charge in [0.2, 0.25) is 0 Å². The lowest BCUT2D eigenvalue weighted by atomic mass is 10.0. The predicted molar refractivity (Wildman–Crippen MR) is 127 cm³/mol. The fraction of sp³-hybridized carbons (Fsp3) is 0.240. The maximum Gasteiger partial charge on any atom is 0.338 e. The standard InChI is InChI=1S/C25H24N4O6/c1-4-34-24(32)21-14(2)26-25(33)28-20(21)13-35-23(31)16-9-11-17(12-10-16)29-15(3)27-19-8-6-5-7-18(19)22(29)30/h5-12,14H,4,13H2,1-3H3,(H2,26,28,33). The summed E-state index contributed by atoms with van der Waals surface area (Å²) in [5.41, 5.74) is 1.54. The van der Waals surface area contributed by atoms with Gasteiger partial charge in [-0.3, -0.25) is 9.36 Å². The Kier molecular flexibility index (Phi) is 6.63. The van der Waals surface area contributed by atoms with Gasteiger partial charge >= 0.3 is 18.0 Å². The first-order valence-corrected chi connectivity index (χ1v) is 11.0. The van der Waals surface area contributed by atoms with Crippen molar-refractivity contribution in [3.63, 3.8) is 0 Å². The van der Waals surface area contributed by atoms with E-state index in [1.54, 1.807) is 51.1 Å². The van der Waals surface area contributed by atoms with Gasteiger partial charge < -0.3 is 20.1 Å². The molecule has 0 aliphatic carbocycles. The maximum atomic E-state index is 13.0. The molecule has 1 aromatic heterocycles. The number of hydrogen-bond donors (Lipinski definition) is 2. The summed E-state index contributed by atoms with van der Waals surface area (Å²) >= 11 is 0. The molecule has 180 valence electrons. The van der Waals surface area contributed by atoms with Crippen LogP contribution < -0.4 is 16.2 Å². The lowest BCUT2D eigenvalue weighted by Gasteiger charge is -2.26. The van der Waals surface area contributed by atoms with Crippen LogP contribution in [0.5, 0.6) is 0 Å². The first-order chi connectivity index (χ1) is 16.8. The molecule has 1 aliphatic rings. The zero-order valence-corrected chi connectivity index (χ0v) is 19.5. The number of para-hydroxylation sites is 1. The van der Waals surface area contributed by atoms with Gasteiger partial charge in [0.25, 0.3) is 5.56 Å². The molecule has 2 aromatic carbocycles. The van der Waals surface area contributed by atoms with E-state index in [9.17, 15) is 19.2 Å². The number of esters is 2. The Bertz CT molecular complexity index is 1410. The molecule has 3 aromatic rings. The highest BCUT2D eigenvalue weighted by Crippen LogP contribution is 2.17. The Morgan fingerprint density at radius 2 is 1.74 bits per heavy atom. The van der Waals surface area contributed by atoms with Crippen molar-refractivity contribution >= 4 is 28.9 Å². The molecule has 0 radical (unpaired) electrons. The summed E-state index contributed by atoms with van der Waals surface area (Å²) < 4.78 is 11.9. The quantitative estimate of drug-likeness (QED) is 0.523. The van der Waals surface area contributed by atoms with Gasteiger partial charge in [-0.1, -0.05) is 12.1 Å². The Labute approximate surface area is 200 Å². The van der Waals surface area contributed by atoms with Gasteiger partial charge in [0.15, 0.2) is 0 Å². The smallest absolute Gasteiger partial charge is 0.338 e. The van der Waals surface area contributed by atoms with Crippen molar-refractivity contribution < 1.29 is 23.9 Å². The summed E-state index contributed by atoms with van der Waals surface area (Å²) in [5.74, 6) is -0.751. The van der Waals surface area contributed by atoms with Crippen LogP contribution in [0, 0.1) is 6.92 Å². The third kappa shape index (κ3) is 4.77. The van der Waals surface area contributed by atoms with Gasteiger partial charge in [-0.05, 0) is 57.2 Å². The molecule has 0 spiro atoms. The van der Waals surface area contributed by atoms with Crippen LogP contribution >= 0.6 is 0 Å². The van der Waals surface area contributed by atoms with Crippen LogP contribution in [0.3, 0.4) is 0 Å². The topological polar surface area (TPSA) is 129 Å². The molecule has 2 N–H and O–H groups in total. The van der Waals surface area contributed by atoms with Gasteiger partial charge in [-0.15, -0.1) is 0 Å². The Balaban J connectivity index is 1.55. The van der Waals surface area contributed by atoms with Crippen molar-refractivity contribution in [2.75, 3.05) is 13.2 Å². The largest absolute Gasteiger partial charge is 0.463 e. The number of hydrogen-bond acceptors (Lipinski definition) is 7. The zero-order valence-electron chi connectivity index (χ0n) is 19.5. The molecule has 0 saturated heterocycles. The summed E-state index contributed by atoms with van der Waals surface area (Å²) in [4.78, 5) is 54.3. The van der Waals surface area contributed by atoms with Crippen molar-refractivity contribution in [2.24, 2.45) is 0 Å². The van der Waals surface area contributed by atoms with Gasteiger partial charge in [-0.25, -0.2) is 19.4 Å². The summed E-state index contributed by atoms with van der Waals surface area (Å²) in [6.45, 7) is 4.89. The number of urea groups is 1. The molecule has 1 aliphatic heterocycles. The monoisotopic (exact) mass is 476 g/mol. The number of nitrogens with zero attached hydrogens (tertiary/aromatic N) is 2. The maximum absolute atomic E-state index is 13.0. The number of aromatic nitrogens is 2. The normalized spacial score (nSPS) is 15.4. The SMILES string of the molecule is CCOC(=O)C1=C(COC(=O)c2ccc(-n3c(C)nc4ccccc4c3=O)cc2)NC(=O)NC1C. The molecule has 2 amide bonds. The highest BCUT2D eigenvalue weighted by molar-refractivity contribution is 5.95. The van der Waals surface area contributed by atoms with E-state index in [-0.39, 0.29) is 35.6 Å². The Hall–Kier alpha value is -4.47. The zero-order chi connectivity index (χ0) is 25.1. The van der Waals surface area contributed by atoms with E-state index >= 15 is 0 Å². The van der Waals surface area contributed by atoms with Crippen molar-refractivity contribution in [2.45, 2.75) is 26.8 Å². The highest BCUT2D eigenvalue weighted by Gasteiger charge is 2.30. The number of fused-ring (bicyclic) bond motifs is 1. The van der Waals surface area contributed by atoms with Crippen molar-refractivity contribution in [1.82, 2.24) is 20.2 Å². The Morgan fingerprint density at radius 3 is 2.46 bits per heavy atom. The molecule has 2 heterocycles. The molecule has 1 atom stereocenters. The summed E-state index contributed by atoms with van der Waals surface area (Å²) in [7, 11) is 0. The fourth-order valence-corrected chi connectivity index (χ4v) is 3.91. The minimum atomic E-state index is -0.659. The van der Waals surface area contributed by atoms with E-state index in [2.05, 4.69) is 15.6 Å². The molecule has 0 saturated carbocycles. The minimum absolute atomic E-state index is 0.161. The molecule has 10 nitrogen and oxygen atoms in total. The Morgan fingerprint density at radius 1 is 1.03 bits per heavy atom. The van der Waals surface area contributed by atoms with E-state index < -0.39 is 24.0 Å². The molecule has 10 heteroatoms. The summed E-state index contributed by atoms with van der Waals surface area (Å²) in [6.07, 6.45) is 0. The van der Waals surface area contributed by atoms with E-state index in [1.165, 1.54) is 16.7 Å². The van der Waals surface area contributed by atoms with Crippen molar-refractivity contribution in [1.29, 1.82) is 0 Å². The van der Waals surface area contributed by atoms with Gasteiger partial charge in [0, 0.05) is 0 Å². The van der Waals surface area contributed by atoms with Gasteiger partial charge in [-0.2, -0.15) is 0 Å². The van der Waals surface area contributed by atoms with E-state index in [0.29, 0.717) is 22.4 Å². The summed E-state index contributed by atoms with van der Waals surface area (Å²) in [5, 5.41) is 5.58. The number of rotatable bonds is 6. The van der Waals surface area contributed by atoms with Gasteiger partial charge in [0.1, 0.15) is 12.4 Å². The molecular formula is C25H24N4O6. The molecule has 1 unspecified atom stereocenters. The van der Waals surface area contributed by atoms with Crippen molar-refractivity contribution in [3.05, 3.63) is 81.5 Å². The van der Waals surface area contributed by atoms with Crippen molar-refractivity contribution in [3.8, 4) is 5.69 Å². The average Bonchev–Trinajstić information content (AvgIpc) is 2.82. The second-order valence-corrected chi connectivity index (χ2v) is 7.87. The minimum Gasteiger partial charge on any atom is -0.463 e. The van der Waals surface area contributed by atoms with Crippen LogP contribution in [-0.2, 0) is 14.3 Å². The highest BCUT2D eigenvalue weighted by atomic mass is 16.5. The lowest BCUT2D eigenvalue weighted by molar-refractivity contribution is -0.139. The molecule has 35 heavy (non-hydrogen) atoms. The predicted octanol–water partition coefficient (Wildman–Crippen LogP) is 2.37. The van der Waals surface area contributed by atoms with E-state index in [0.717, 1.165) is 0 Å². The number of aryl methyl sites for hydroxylation is 1. The fourth-order valence-electron chi connectivity index (χ4n) is 3.91. The van der Waals surface area contributed by atoms with Crippen LogP contribution in [0.4, 0.5) is 4.79 Å². The number of ether oxygens (including phenoxy) is 2. The lowest BCUT2D eigenvalue weighted by Crippen LogP contribution is -2.50. The second kappa shape index (κ2) is 9.80. The number of nitrogens with one attached hydrogen (secondary N) is 2. The van der Waals surface area contributed by atoms with Crippen LogP contribution in [0.1, 0.15) is 30.0 Å². The van der Waals surface area contributed by atoms with E-state index in [1.807, 2.05) is 6.07 Å². The molecule has 4 rings (SSSR count). The molecule has 0 fully saturated rings. The number of benzene rings is 2. The molecule has 0 bridgehead atoms. The third-order valence-electron chi connectivity index (χ3n) is 5.52. The molecular weight excluding hydrogens is 452 g/mol. The first-order valence-electron chi connectivity index (χ1n) is 11.0. The second-order valence-electron chi connectivity index (χ2n) is 7.87. The van der Waals surface area contributed by atoms with Crippen LogP contribution in [0.2, 0.25) is 0 Å². The van der Waals surface area contributed by atoms with Crippen LogP contribution in [-0.4, -0.2) is 46.8 Å². The summed E-state index contributed by atoms with van der Waals surface area (Å²) in [6, 6.07) is 12.3. The average molecular weight is 476 g/mol. The number of carbonyl (C=O) groups excluding carboxylic acids is 3. The number of amides is 2. The first kappa shape index (κ1) is 23.7. The van der Waals surface area contributed by atoms with Crippen LogP contribution in [0.25, 0.3) is 16.6 Å². The van der Waals surface area contributed by atoms with E-state index in [4.69, 9.17) is 9.47 Å².